The molecule has 160 valence electrons. The Morgan fingerprint density at radius 3 is 2.19 bits per heavy atom. The quantitative estimate of drug-likeness (QED) is 0.594. The average molecular weight is 418 g/mol. The lowest BCUT2D eigenvalue weighted by atomic mass is 10.1. The van der Waals surface area contributed by atoms with Gasteiger partial charge in [0.15, 0.2) is 0 Å². The summed E-state index contributed by atoms with van der Waals surface area (Å²) in [5.74, 6) is 0.211. The fourth-order valence-electron chi connectivity index (χ4n) is 3.23. The molecular formula is C25H27N3O3. The van der Waals surface area contributed by atoms with Gasteiger partial charge in [-0.05, 0) is 55.0 Å². The summed E-state index contributed by atoms with van der Waals surface area (Å²) < 4.78 is 5.13. The van der Waals surface area contributed by atoms with E-state index in [0.717, 1.165) is 11.3 Å². The molecule has 0 fully saturated rings. The highest BCUT2D eigenvalue weighted by Gasteiger charge is 2.18. The monoisotopic (exact) mass is 417 g/mol. The molecule has 2 N–H and O–H groups in total. The lowest BCUT2D eigenvalue weighted by Gasteiger charge is -2.20. The minimum atomic E-state index is -0.260. The maximum absolute atomic E-state index is 13.1. The van der Waals surface area contributed by atoms with Crippen molar-refractivity contribution in [2.45, 2.75) is 13.0 Å². The van der Waals surface area contributed by atoms with Gasteiger partial charge >= 0.3 is 0 Å². The maximum atomic E-state index is 13.1. The number of ether oxygens (including phenoxy) is 1. The van der Waals surface area contributed by atoms with Crippen LogP contribution in [0.15, 0.2) is 72.8 Å². The van der Waals surface area contributed by atoms with E-state index in [4.69, 9.17) is 4.74 Å². The van der Waals surface area contributed by atoms with Crippen LogP contribution < -0.4 is 20.3 Å². The number of carbonyl (C=O) groups excluding carboxylic acids is 2. The molecule has 3 aromatic rings. The minimum Gasteiger partial charge on any atom is -0.497 e. The van der Waals surface area contributed by atoms with E-state index >= 15 is 0 Å². The highest BCUT2D eigenvalue weighted by atomic mass is 16.5. The Kier molecular flexibility index (Phi) is 6.92. The van der Waals surface area contributed by atoms with Gasteiger partial charge in [0.2, 0.25) is 0 Å². The van der Waals surface area contributed by atoms with Gasteiger partial charge in [-0.3, -0.25) is 9.59 Å². The minimum absolute atomic E-state index is 0.152. The van der Waals surface area contributed by atoms with Gasteiger partial charge in [-0.15, -0.1) is 0 Å². The molecule has 1 atom stereocenters. The summed E-state index contributed by atoms with van der Waals surface area (Å²) in [7, 11) is 5.33. The van der Waals surface area contributed by atoms with Gasteiger partial charge < -0.3 is 20.3 Å². The maximum Gasteiger partial charge on any atom is 0.255 e. The molecule has 0 aliphatic carbocycles. The van der Waals surface area contributed by atoms with E-state index in [1.807, 2.05) is 62.3 Å². The van der Waals surface area contributed by atoms with Gasteiger partial charge in [-0.25, -0.2) is 0 Å². The number of nitrogens with one attached hydrogen (secondary N) is 2. The molecule has 6 heteroatoms. The van der Waals surface area contributed by atoms with Crippen molar-refractivity contribution in [1.29, 1.82) is 0 Å². The van der Waals surface area contributed by atoms with E-state index < -0.39 is 0 Å². The van der Waals surface area contributed by atoms with E-state index in [9.17, 15) is 9.59 Å². The van der Waals surface area contributed by atoms with Crippen LogP contribution >= 0.6 is 0 Å². The molecule has 0 bridgehead atoms. The summed E-state index contributed by atoms with van der Waals surface area (Å²) in [6, 6.07) is 21.8. The van der Waals surface area contributed by atoms with E-state index in [1.165, 1.54) is 0 Å². The highest BCUT2D eigenvalue weighted by molar-refractivity contribution is 6.06. The van der Waals surface area contributed by atoms with Crippen LogP contribution in [-0.4, -0.2) is 33.0 Å². The zero-order valence-corrected chi connectivity index (χ0v) is 18.2. The Bertz CT molecular complexity index is 1050. The first-order valence-electron chi connectivity index (χ1n) is 10.0. The van der Waals surface area contributed by atoms with Crippen LogP contribution in [0.5, 0.6) is 5.75 Å². The third-order valence-corrected chi connectivity index (χ3v) is 4.98. The number of carbonyl (C=O) groups is 2. The van der Waals surface area contributed by atoms with Crippen LogP contribution in [0.4, 0.5) is 11.4 Å². The van der Waals surface area contributed by atoms with Gasteiger partial charge in [-0.1, -0.05) is 30.3 Å². The first kappa shape index (κ1) is 21.9. The summed E-state index contributed by atoms with van der Waals surface area (Å²) in [4.78, 5) is 27.6. The van der Waals surface area contributed by atoms with E-state index in [-0.39, 0.29) is 17.9 Å². The van der Waals surface area contributed by atoms with Crippen molar-refractivity contribution < 1.29 is 14.3 Å². The Morgan fingerprint density at radius 2 is 1.58 bits per heavy atom. The first-order valence-corrected chi connectivity index (χ1v) is 10.0. The van der Waals surface area contributed by atoms with Crippen molar-refractivity contribution in [2.24, 2.45) is 0 Å². The number of hydrogen-bond acceptors (Lipinski definition) is 4. The van der Waals surface area contributed by atoms with Crippen LogP contribution in [0.1, 0.15) is 39.2 Å². The number of anilines is 2. The predicted octanol–water partition coefficient (Wildman–Crippen LogP) is 4.50. The van der Waals surface area contributed by atoms with Crippen molar-refractivity contribution in [3.63, 3.8) is 0 Å². The summed E-state index contributed by atoms with van der Waals surface area (Å²) in [6.45, 7) is 1.94. The molecule has 2 amide bonds. The molecule has 0 aromatic heterocycles. The molecule has 0 radical (unpaired) electrons. The van der Waals surface area contributed by atoms with Crippen molar-refractivity contribution in [3.05, 3.63) is 89.5 Å². The first-order chi connectivity index (χ1) is 14.9. The number of rotatable bonds is 7. The van der Waals surface area contributed by atoms with E-state index in [1.54, 1.807) is 43.5 Å². The summed E-state index contributed by atoms with van der Waals surface area (Å²) in [6.07, 6.45) is 0. The van der Waals surface area contributed by atoms with Gasteiger partial charge in [0, 0.05) is 31.0 Å². The van der Waals surface area contributed by atoms with Crippen LogP contribution in [0.3, 0.4) is 0 Å². The Hall–Kier alpha value is -3.80. The molecule has 3 rings (SSSR count). The number of hydrogen-bond donors (Lipinski definition) is 2. The number of nitrogens with zero attached hydrogens (tertiary/aromatic N) is 1. The van der Waals surface area contributed by atoms with Gasteiger partial charge in [0.1, 0.15) is 5.75 Å². The third kappa shape index (κ3) is 5.42. The van der Waals surface area contributed by atoms with Crippen LogP contribution in [0.2, 0.25) is 0 Å². The van der Waals surface area contributed by atoms with E-state index in [0.29, 0.717) is 22.6 Å². The van der Waals surface area contributed by atoms with Crippen molar-refractivity contribution >= 4 is 23.2 Å². The number of amides is 2. The SMILES string of the molecule is COc1ccc(C(=O)Nc2ccc(N(C)C)c(C(=O)N[C@@H](C)c3ccccc3)c2)cc1. The molecule has 6 nitrogen and oxygen atoms in total. The molecule has 0 unspecified atom stereocenters. The predicted molar refractivity (Wildman–Crippen MR) is 124 cm³/mol. The second-order valence-corrected chi connectivity index (χ2v) is 7.41. The fourth-order valence-corrected chi connectivity index (χ4v) is 3.23. The molecule has 0 spiro atoms. The molecule has 0 aliphatic heterocycles. The Labute approximate surface area is 182 Å². The standard InChI is InChI=1S/C25H27N3O3/c1-17(18-8-6-5-7-9-18)26-25(30)22-16-20(12-15-23(22)28(2)3)27-24(29)19-10-13-21(31-4)14-11-19/h5-17H,1-4H3,(H,26,30)(H,27,29)/t17-/m0/s1. The summed E-state index contributed by atoms with van der Waals surface area (Å²) in [5, 5.41) is 5.90. The van der Waals surface area contributed by atoms with Gasteiger partial charge in [0.05, 0.1) is 18.7 Å². The number of methoxy groups -OCH3 is 1. The molecule has 0 heterocycles. The van der Waals surface area contributed by atoms with Crippen LogP contribution in [0, 0.1) is 0 Å². The third-order valence-electron chi connectivity index (χ3n) is 4.98. The topological polar surface area (TPSA) is 70.7 Å². The summed E-state index contributed by atoms with van der Waals surface area (Å²) >= 11 is 0. The molecule has 0 saturated heterocycles. The Balaban J connectivity index is 1.81. The average Bonchev–Trinajstić information content (AvgIpc) is 2.79. The zero-order valence-electron chi connectivity index (χ0n) is 18.2. The molecule has 31 heavy (non-hydrogen) atoms. The second kappa shape index (κ2) is 9.80. The number of benzene rings is 3. The van der Waals surface area contributed by atoms with Crippen molar-refractivity contribution in [2.75, 3.05) is 31.4 Å². The molecule has 0 aliphatic rings. The van der Waals surface area contributed by atoms with Gasteiger partial charge in [-0.2, -0.15) is 0 Å². The Morgan fingerprint density at radius 1 is 0.903 bits per heavy atom. The largest absolute Gasteiger partial charge is 0.497 e. The molecule has 0 saturated carbocycles. The van der Waals surface area contributed by atoms with Crippen LogP contribution in [-0.2, 0) is 0 Å². The van der Waals surface area contributed by atoms with Crippen molar-refractivity contribution in [3.8, 4) is 5.75 Å². The smallest absolute Gasteiger partial charge is 0.255 e. The zero-order chi connectivity index (χ0) is 22.4. The van der Waals surface area contributed by atoms with Crippen LogP contribution in [0.25, 0.3) is 0 Å². The fraction of sp³-hybridized carbons (Fsp3) is 0.200. The molecule has 3 aromatic carbocycles. The lowest BCUT2D eigenvalue weighted by molar-refractivity contribution is 0.0939. The summed E-state index contributed by atoms with van der Waals surface area (Å²) in [5.41, 5.74) is 3.32. The normalized spacial score (nSPS) is 11.4. The lowest BCUT2D eigenvalue weighted by Crippen LogP contribution is -2.28. The van der Waals surface area contributed by atoms with Gasteiger partial charge in [0.25, 0.3) is 11.8 Å². The molecular weight excluding hydrogens is 390 g/mol. The van der Waals surface area contributed by atoms with E-state index in [2.05, 4.69) is 10.6 Å². The van der Waals surface area contributed by atoms with Crippen molar-refractivity contribution in [1.82, 2.24) is 5.32 Å². The highest BCUT2D eigenvalue weighted by Crippen LogP contribution is 2.25. The second-order valence-electron chi connectivity index (χ2n) is 7.41.